The third kappa shape index (κ3) is 3.43. The molecule has 0 amide bonds. The number of halogens is 4. The zero-order valence-corrected chi connectivity index (χ0v) is 14.2. The molecule has 8 heteroatoms. The number of hydrogen-bond acceptors (Lipinski definition) is 3. The van der Waals surface area contributed by atoms with Gasteiger partial charge >= 0.3 is 0 Å². The van der Waals surface area contributed by atoms with Crippen molar-refractivity contribution in [2.75, 3.05) is 0 Å². The Hall–Kier alpha value is -2.80. The Kier molecular flexibility index (Phi) is 4.99. The zero-order valence-electron chi connectivity index (χ0n) is 13.5. The molecule has 0 aliphatic heterocycles. The Labute approximate surface area is 151 Å². The highest BCUT2D eigenvalue weighted by Gasteiger charge is 2.18. The van der Waals surface area contributed by atoms with Gasteiger partial charge in [-0.05, 0) is 31.2 Å². The maximum absolute atomic E-state index is 14.0. The van der Waals surface area contributed by atoms with Crippen LogP contribution >= 0.6 is 11.6 Å². The first kappa shape index (κ1) is 18.0. The van der Waals surface area contributed by atoms with Crippen LogP contribution in [-0.2, 0) is 6.61 Å². The highest BCUT2D eigenvalue weighted by Crippen LogP contribution is 2.22. The van der Waals surface area contributed by atoms with Gasteiger partial charge in [-0.15, -0.1) is 0 Å². The fraction of sp³-hybridized carbons (Fsp3) is 0.111. The van der Waals surface area contributed by atoms with Gasteiger partial charge in [0.05, 0.1) is 5.69 Å². The van der Waals surface area contributed by atoms with E-state index in [1.165, 1.54) is 31.2 Å². The molecule has 4 nitrogen and oxygen atoms in total. The molecule has 1 heterocycles. The Morgan fingerprint density at radius 2 is 1.85 bits per heavy atom. The molecule has 3 rings (SSSR count). The molecule has 0 radical (unpaired) electrons. The maximum atomic E-state index is 14.0. The Morgan fingerprint density at radius 3 is 2.54 bits per heavy atom. The van der Waals surface area contributed by atoms with E-state index in [9.17, 15) is 18.0 Å². The van der Waals surface area contributed by atoms with Crippen molar-refractivity contribution in [3.63, 3.8) is 0 Å². The van der Waals surface area contributed by atoms with Gasteiger partial charge in [0, 0.05) is 11.6 Å². The van der Waals surface area contributed by atoms with E-state index < -0.39 is 23.0 Å². The fourth-order valence-electron chi connectivity index (χ4n) is 2.38. The number of benzene rings is 2. The van der Waals surface area contributed by atoms with Crippen LogP contribution in [-0.4, -0.2) is 9.55 Å². The minimum Gasteiger partial charge on any atom is -0.471 e. The van der Waals surface area contributed by atoms with Crippen molar-refractivity contribution >= 4 is 11.6 Å². The first-order valence-electron chi connectivity index (χ1n) is 7.49. The number of aryl methyl sites for hydroxylation is 1. The van der Waals surface area contributed by atoms with Crippen LogP contribution < -0.4 is 10.3 Å². The van der Waals surface area contributed by atoms with Crippen LogP contribution in [0.15, 0.2) is 47.3 Å². The summed E-state index contributed by atoms with van der Waals surface area (Å²) in [5.74, 6) is -2.20. The molecular weight excluding hydrogens is 369 g/mol. The SMILES string of the molecule is Cc1nc(OCc2ccc(F)cc2F)c(Cl)c(=O)n1-c1ccccc1F. The molecule has 134 valence electrons. The molecule has 0 unspecified atom stereocenters. The van der Waals surface area contributed by atoms with Crippen molar-refractivity contribution in [2.24, 2.45) is 0 Å². The van der Waals surface area contributed by atoms with Gasteiger partial charge in [0.15, 0.2) is 5.02 Å². The second-order valence-corrected chi connectivity index (χ2v) is 5.77. The van der Waals surface area contributed by atoms with Gasteiger partial charge in [-0.25, -0.2) is 13.2 Å². The lowest BCUT2D eigenvalue weighted by Gasteiger charge is -2.14. The summed E-state index contributed by atoms with van der Waals surface area (Å²) < 4.78 is 46.9. The van der Waals surface area contributed by atoms with E-state index in [4.69, 9.17) is 16.3 Å². The van der Waals surface area contributed by atoms with Crippen molar-refractivity contribution in [1.29, 1.82) is 0 Å². The number of nitrogens with zero attached hydrogens (tertiary/aromatic N) is 2. The molecule has 2 aromatic carbocycles. The van der Waals surface area contributed by atoms with Gasteiger partial charge in [-0.1, -0.05) is 23.7 Å². The lowest BCUT2D eigenvalue weighted by molar-refractivity contribution is 0.285. The van der Waals surface area contributed by atoms with Gasteiger partial charge in [0.25, 0.3) is 5.56 Å². The number of para-hydroxylation sites is 1. The maximum Gasteiger partial charge on any atom is 0.280 e. The van der Waals surface area contributed by atoms with Crippen LogP contribution in [0.5, 0.6) is 5.88 Å². The van der Waals surface area contributed by atoms with Crippen LogP contribution in [0.4, 0.5) is 13.2 Å². The number of aromatic nitrogens is 2. The van der Waals surface area contributed by atoms with Crippen LogP contribution in [0.25, 0.3) is 5.69 Å². The molecule has 0 aliphatic carbocycles. The highest BCUT2D eigenvalue weighted by atomic mass is 35.5. The topological polar surface area (TPSA) is 44.1 Å². The van der Waals surface area contributed by atoms with E-state index >= 15 is 0 Å². The fourth-order valence-corrected chi connectivity index (χ4v) is 2.56. The monoisotopic (exact) mass is 380 g/mol. The molecule has 3 aromatic rings. The zero-order chi connectivity index (χ0) is 18.8. The van der Waals surface area contributed by atoms with E-state index in [0.29, 0.717) is 0 Å². The molecule has 1 aromatic heterocycles. The summed E-state index contributed by atoms with van der Waals surface area (Å²) in [4.78, 5) is 16.6. The molecule has 0 N–H and O–H groups in total. The Morgan fingerprint density at radius 1 is 1.12 bits per heavy atom. The van der Waals surface area contributed by atoms with Crippen LogP contribution in [0.1, 0.15) is 11.4 Å². The summed E-state index contributed by atoms with van der Waals surface area (Å²) in [6.45, 7) is 1.18. The second-order valence-electron chi connectivity index (χ2n) is 5.39. The Bertz CT molecular complexity index is 1040. The predicted molar refractivity (Wildman–Crippen MR) is 90.2 cm³/mol. The first-order valence-corrected chi connectivity index (χ1v) is 7.87. The van der Waals surface area contributed by atoms with Crippen LogP contribution in [0.3, 0.4) is 0 Å². The first-order chi connectivity index (χ1) is 12.4. The van der Waals surface area contributed by atoms with Gasteiger partial charge in [0.1, 0.15) is 29.9 Å². The molecule has 0 fully saturated rings. The molecule has 0 saturated carbocycles. The third-order valence-corrected chi connectivity index (χ3v) is 3.96. The van der Waals surface area contributed by atoms with Crippen molar-refractivity contribution in [3.8, 4) is 11.6 Å². The van der Waals surface area contributed by atoms with Gasteiger partial charge in [0.2, 0.25) is 5.88 Å². The predicted octanol–water partition coefficient (Wildman–Crippen LogP) is 4.19. The molecular formula is C18H12ClF3N2O2. The summed E-state index contributed by atoms with van der Waals surface area (Å²) in [6.07, 6.45) is 0. The van der Waals surface area contributed by atoms with E-state index in [1.54, 1.807) is 6.07 Å². The van der Waals surface area contributed by atoms with Crippen molar-refractivity contribution in [2.45, 2.75) is 13.5 Å². The summed E-state index contributed by atoms with van der Waals surface area (Å²) in [6, 6.07) is 8.69. The van der Waals surface area contributed by atoms with Crippen molar-refractivity contribution in [1.82, 2.24) is 9.55 Å². The number of hydrogen-bond donors (Lipinski definition) is 0. The van der Waals surface area contributed by atoms with E-state index in [1.807, 2.05) is 0 Å². The van der Waals surface area contributed by atoms with Gasteiger partial charge < -0.3 is 4.74 Å². The standard InChI is InChI=1S/C18H12ClF3N2O2/c1-10-23-17(26-9-11-6-7-12(20)8-14(11)22)16(19)18(25)24(10)15-5-3-2-4-13(15)21/h2-8H,9H2,1H3. The summed E-state index contributed by atoms with van der Waals surface area (Å²) in [5, 5.41) is -0.374. The highest BCUT2D eigenvalue weighted by molar-refractivity contribution is 6.31. The lowest BCUT2D eigenvalue weighted by atomic mass is 10.2. The molecule has 26 heavy (non-hydrogen) atoms. The van der Waals surface area contributed by atoms with Gasteiger partial charge in [-0.3, -0.25) is 9.36 Å². The normalized spacial score (nSPS) is 10.8. The quantitative estimate of drug-likeness (QED) is 0.681. The van der Waals surface area contributed by atoms with E-state index in [0.717, 1.165) is 16.7 Å². The molecule has 0 atom stereocenters. The largest absolute Gasteiger partial charge is 0.471 e. The van der Waals surface area contributed by atoms with Crippen LogP contribution in [0, 0.1) is 24.4 Å². The van der Waals surface area contributed by atoms with Crippen LogP contribution in [0.2, 0.25) is 5.02 Å². The average molecular weight is 381 g/mol. The minimum absolute atomic E-state index is 0.000490. The van der Waals surface area contributed by atoms with E-state index in [-0.39, 0.29) is 34.6 Å². The molecule has 0 aliphatic rings. The average Bonchev–Trinajstić information content (AvgIpc) is 2.60. The number of ether oxygens (including phenoxy) is 1. The summed E-state index contributed by atoms with van der Waals surface area (Å²) >= 11 is 6.01. The molecule has 0 bridgehead atoms. The third-order valence-electron chi connectivity index (χ3n) is 3.64. The van der Waals surface area contributed by atoms with Gasteiger partial charge in [-0.2, -0.15) is 4.98 Å². The number of rotatable bonds is 4. The summed E-state index contributed by atoms with van der Waals surface area (Å²) in [7, 11) is 0. The second kappa shape index (κ2) is 7.21. The smallest absolute Gasteiger partial charge is 0.280 e. The van der Waals surface area contributed by atoms with E-state index in [2.05, 4.69) is 4.98 Å². The summed E-state index contributed by atoms with van der Waals surface area (Å²) in [5.41, 5.74) is -0.653. The van der Waals surface area contributed by atoms with Crippen molar-refractivity contribution < 1.29 is 17.9 Å². The lowest BCUT2D eigenvalue weighted by Crippen LogP contribution is -2.24. The van der Waals surface area contributed by atoms with Crippen molar-refractivity contribution in [3.05, 3.63) is 86.7 Å². The minimum atomic E-state index is -0.794. The molecule has 0 spiro atoms. The Balaban J connectivity index is 1.96. The molecule has 0 saturated heterocycles.